The van der Waals surface area contributed by atoms with Gasteiger partial charge in [0, 0.05) is 11.9 Å². The van der Waals surface area contributed by atoms with Crippen LogP contribution in [0.25, 0.3) is 11.0 Å². The molecule has 0 atom stereocenters. The predicted molar refractivity (Wildman–Crippen MR) is 109 cm³/mol. The number of anilines is 1. The van der Waals surface area contributed by atoms with Crippen LogP contribution in [0.15, 0.2) is 67.0 Å². The fourth-order valence-electron chi connectivity index (χ4n) is 2.85. The Balaban J connectivity index is 1.81. The third-order valence-electron chi connectivity index (χ3n) is 4.30. The Morgan fingerprint density at radius 3 is 2.50 bits per heavy atom. The van der Waals surface area contributed by atoms with E-state index in [9.17, 15) is 30.7 Å². The highest BCUT2D eigenvalue weighted by atomic mass is 19.4. The van der Waals surface area contributed by atoms with Gasteiger partial charge in [0.25, 0.3) is 0 Å². The maximum absolute atomic E-state index is 13.8. The smallest absolute Gasteiger partial charge is 0.406 e. The third-order valence-corrected chi connectivity index (χ3v) is 4.30. The van der Waals surface area contributed by atoms with Crippen LogP contribution in [0.2, 0.25) is 0 Å². The first-order valence-corrected chi connectivity index (χ1v) is 9.43. The average molecular weight is 487 g/mol. The van der Waals surface area contributed by atoms with E-state index in [0.717, 1.165) is 24.3 Å². The van der Waals surface area contributed by atoms with Crippen molar-refractivity contribution in [3.63, 3.8) is 0 Å². The van der Waals surface area contributed by atoms with E-state index < -0.39 is 29.7 Å². The van der Waals surface area contributed by atoms with E-state index in [1.807, 2.05) is 0 Å². The number of fused-ring (bicyclic) bond motifs is 1. The van der Waals surface area contributed by atoms with Gasteiger partial charge in [-0.1, -0.05) is 12.6 Å². The van der Waals surface area contributed by atoms with E-state index in [-0.39, 0.29) is 23.6 Å². The lowest BCUT2D eigenvalue weighted by molar-refractivity contribution is -0.303. The van der Waals surface area contributed by atoms with Crippen LogP contribution in [-0.4, -0.2) is 26.1 Å². The number of halogens is 7. The molecule has 0 aliphatic carbocycles. The Kier molecular flexibility index (Phi) is 6.93. The topological polar surface area (TPSA) is 64.9 Å². The molecule has 0 amide bonds. The second kappa shape index (κ2) is 9.53. The highest BCUT2D eigenvalue weighted by molar-refractivity contribution is 5.86. The molecule has 6 nitrogen and oxygen atoms in total. The number of allylic oxidation sites excluding steroid dienone is 4. The number of benzene rings is 1. The fraction of sp³-hybridized carbons (Fsp3) is 0.190. The zero-order valence-electron chi connectivity index (χ0n) is 17.4. The van der Waals surface area contributed by atoms with E-state index >= 15 is 0 Å². The number of hydrogen-bond acceptors (Lipinski definition) is 5. The number of nitrogens with zero attached hydrogens (tertiary/aromatic N) is 4. The maximum Gasteiger partial charge on any atom is 0.573 e. The van der Waals surface area contributed by atoms with Crippen molar-refractivity contribution in [3.8, 4) is 0 Å². The Bertz CT molecular complexity index is 1260. The number of aromatic nitrogens is 4. The molecule has 1 aromatic carbocycles. The molecule has 3 aromatic rings. The molecule has 2 aromatic heterocycles. The summed E-state index contributed by atoms with van der Waals surface area (Å²) < 4.78 is 94.2. The lowest BCUT2D eigenvalue weighted by atomic mass is 10.1. The van der Waals surface area contributed by atoms with E-state index in [1.54, 1.807) is 6.92 Å². The molecular weight excluding hydrogens is 471 g/mol. The van der Waals surface area contributed by atoms with Crippen molar-refractivity contribution in [1.82, 2.24) is 19.7 Å². The molecule has 0 fully saturated rings. The monoisotopic (exact) mass is 487 g/mol. The number of nitrogens with one attached hydrogen (secondary N) is 1. The average Bonchev–Trinajstić information content (AvgIpc) is 3.13. The Morgan fingerprint density at radius 1 is 1.15 bits per heavy atom. The molecular formula is C21H16F7N5O. The molecule has 180 valence electrons. The summed E-state index contributed by atoms with van der Waals surface area (Å²) in [7, 11) is 0. The van der Waals surface area contributed by atoms with Gasteiger partial charge in [-0.3, -0.25) is 4.68 Å². The van der Waals surface area contributed by atoms with Crippen molar-refractivity contribution < 1.29 is 35.5 Å². The minimum absolute atomic E-state index is 0.0418. The van der Waals surface area contributed by atoms with Gasteiger partial charge in [0.2, 0.25) is 0 Å². The SMILES string of the molecule is C=C/C(=C\C=C(/C)Nc1ncnc2nn(Cc3ccc(C(F)(F)F)c(F)c3)cc12)OC(F)(F)F. The molecule has 0 saturated carbocycles. The van der Waals surface area contributed by atoms with Crippen LogP contribution >= 0.6 is 0 Å². The molecule has 0 aliphatic heterocycles. The second-order valence-corrected chi connectivity index (χ2v) is 6.89. The normalized spacial score (nSPS) is 13.3. The summed E-state index contributed by atoms with van der Waals surface area (Å²) in [6.45, 7) is 4.78. The van der Waals surface area contributed by atoms with Gasteiger partial charge >= 0.3 is 12.5 Å². The summed E-state index contributed by atoms with van der Waals surface area (Å²) in [5.41, 5.74) is -0.498. The van der Waals surface area contributed by atoms with Crippen LogP contribution in [0.4, 0.5) is 36.6 Å². The second-order valence-electron chi connectivity index (χ2n) is 6.89. The highest BCUT2D eigenvalue weighted by Gasteiger charge is 2.34. The van der Waals surface area contributed by atoms with Crippen LogP contribution in [0.5, 0.6) is 0 Å². The van der Waals surface area contributed by atoms with Crippen LogP contribution in [0.1, 0.15) is 18.1 Å². The minimum Gasteiger partial charge on any atom is -0.406 e. The van der Waals surface area contributed by atoms with Crippen LogP contribution in [-0.2, 0) is 17.5 Å². The standard InChI is InChI=1S/C21H16F7N5O/c1-3-14(34-21(26,27)28)6-4-12(2)31-18-15-10-33(32-19(15)30-11-29-18)9-13-5-7-16(17(22)8-13)20(23,24)25/h3-8,10-11H,1,9H2,2H3,(H,29,30,31,32)/b12-4+,14-6+. The lowest BCUT2D eigenvalue weighted by Crippen LogP contribution is -2.11. The molecule has 0 saturated heterocycles. The summed E-state index contributed by atoms with van der Waals surface area (Å²) in [5.74, 6) is -1.64. The van der Waals surface area contributed by atoms with Crippen LogP contribution < -0.4 is 5.32 Å². The molecule has 13 heteroatoms. The third kappa shape index (κ3) is 6.33. The van der Waals surface area contributed by atoms with Gasteiger partial charge in [-0.15, -0.1) is 13.2 Å². The number of ether oxygens (including phenoxy) is 1. The van der Waals surface area contributed by atoms with Gasteiger partial charge in [0.1, 0.15) is 23.7 Å². The maximum atomic E-state index is 13.8. The Labute approximate surface area is 188 Å². The van der Waals surface area contributed by atoms with Gasteiger partial charge in [0.05, 0.1) is 17.5 Å². The summed E-state index contributed by atoms with van der Waals surface area (Å²) >= 11 is 0. The summed E-state index contributed by atoms with van der Waals surface area (Å²) in [4.78, 5) is 8.08. The largest absolute Gasteiger partial charge is 0.573 e. The molecule has 0 spiro atoms. The van der Waals surface area contributed by atoms with Gasteiger partial charge in [0.15, 0.2) is 5.65 Å². The van der Waals surface area contributed by atoms with E-state index in [2.05, 4.69) is 31.7 Å². The van der Waals surface area contributed by atoms with Gasteiger partial charge < -0.3 is 10.1 Å². The van der Waals surface area contributed by atoms with Crippen molar-refractivity contribution in [2.75, 3.05) is 5.32 Å². The van der Waals surface area contributed by atoms with Gasteiger partial charge in [-0.2, -0.15) is 18.3 Å². The molecule has 0 bridgehead atoms. The molecule has 0 unspecified atom stereocenters. The summed E-state index contributed by atoms with van der Waals surface area (Å²) in [6, 6.07) is 2.57. The van der Waals surface area contributed by atoms with Gasteiger partial charge in [-0.25, -0.2) is 14.4 Å². The first-order chi connectivity index (χ1) is 15.9. The van der Waals surface area contributed by atoms with Crippen molar-refractivity contribution in [3.05, 3.63) is 83.9 Å². The first-order valence-electron chi connectivity index (χ1n) is 9.43. The van der Waals surface area contributed by atoms with E-state index in [0.29, 0.717) is 17.1 Å². The van der Waals surface area contributed by atoms with E-state index in [1.165, 1.54) is 23.3 Å². The molecule has 34 heavy (non-hydrogen) atoms. The zero-order valence-corrected chi connectivity index (χ0v) is 17.4. The first kappa shape index (κ1) is 24.7. The quantitative estimate of drug-likeness (QED) is 0.253. The predicted octanol–water partition coefficient (Wildman–Crippen LogP) is 5.95. The molecule has 1 N–H and O–H groups in total. The molecule has 0 aliphatic rings. The molecule has 0 radical (unpaired) electrons. The summed E-state index contributed by atoms with van der Waals surface area (Å²) in [5, 5.41) is 7.51. The van der Waals surface area contributed by atoms with Crippen molar-refractivity contribution in [2.24, 2.45) is 0 Å². The fourth-order valence-corrected chi connectivity index (χ4v) is 2.85. The summed E-state index contributed by atoms with van der Waals surface area (Å²) in [6.07, 6.45) is -3.70. The van der Waals surface area contributed by atoms with Crippen LogP contribution in [0, 0.1) is 5.82 Å². The minimum atomic E-state index is -4.86. The zero-order chi connectivity index (χ0) is 25.1. The highest BCUT2D eigenvalue weighted by Crippen LogP contribution is 2.31. The lowest BCUT2D eigenvalue weighted by Gasteiger charge is -2.09. The number of rotatable bonds is 7. The van der Waals surface area contributed by atoms with Crippen LogP contribution in [0.3, 0.4) is 0 Å². The van der Waals surface area contributed by atoms with Crippen molar-refractivity contribution >= 4 is 16.9 Å². The van der Waals surface area contributed by atoms with Crippen molar-refractivity contribution in [1.29, 1.82) is 0 Å². The molecule has 3 rings (SSSR count). The Hall–Kier alpha value is -3.90. The number of alkyl halides is 6. The number of hydrogen-bond donors (Lipinski definition) is 1. The Morgan fingerprint density at radius 2 is 1.88 bits per heavy atom. The van der Waals surface area contributed by atoms with E-state index in [4.69, 9.17) is 0 Å². The van der Waals surface area contributed by atoms with Gasteiger partial charge in [-0.05, 0) is 42.8 Å². The molecule has 2 heterocycles. The van der Waals surface area contributed by atoms with Crippen molar-refractivity contribution in [2.45, 2.75) is 26.0 Å².